The lowest BCUT2D eigenvalue weighted by Crippen LogP contribution is -2.27. The summed E-state index contributed by atoms with van der Waals surface area (Å²) in [5.41, 5.74) is 0.567. The summed E-state index contributed by atoms with van der Waals surface area (Å²) in [5, 5.41) is 9.16. The standard InChI is InChI=1S/C13H16BrFN2/c1-4-9(8-16)13(17(2)3)11-7-10(14)5-6-12(11)15/h5-7,9,13H,4H2,1-3H3. The largest absolute Gasteiger partial charge is 0.301 e. The van der Waals surface area contributed by atoms with E-state index in [0.717, 1.165) is 4.47 Å². The van der Waals surface area contributed by atoms with Crippen LogP contribution in [-0.4, -0.2) is 19.0 Å². The quantitative estimate of drug-likeness (QED) is 0.847. The fourth-order valence-corrected chi connectivity index (χ4v) is 2.36. The lowest BCUT2D eigenvalue weighted by Gasteiger charge is -2.28. The molecule has 1 rings (SSSR count). The molecule has 0 heterocycles. The molecule has 0 N–H and O–H groups in total. The summed E-state index contributed by atoms with van der Waals surface area (Å²) < 4.78 is 14.7. The van der Waals surface area contributed by atoms with Crippen molar-refractivity contribution < 1.29 is 4.39 Å². The molecule has 0 spiro atoms. The third kappa shape index (κ3) is 3.27. The fraction of sp³-hybridized carbons (Fsp3) is 0.462. The molecule has 17 heavy (non-hydrogen) atoms. The maximum atomic E-state index is 13.9. The van der Waals surface area contributed by atoms with Crippen LogP contribution in [0.3, 0.4) is 0 Å². The Morgan fingerprint density at radius 1 is 1.47 bits per heavy atom. The van der Waals surface area contributed by atoms with Crippen molar-refractivity contribution in [2.24, 2.45) is 5.92 Å². The highest BCUT2D eigenvalue weighted by atomic mass is 79.9. The maximum Gasteiger partial charge on any atom is 0.128 e. The molecule has 4 heteroatoms. The zero-order valence-corrected chi connectivity index (χ0v) is 11.8. The first-order valence-electron chi connectivity index (χ1n) is 5.52. The van der Waals surface area contributed by atoms with Crippen LogP contribution in [0.1, 0.15) is 24.9 Å². The van der Waals surface area contributed by atoms with Crippen LogP contribution in [0.25, 0.3) is 0 Å². The van der Waals surface area contributed by atoms with Gasteiger partial charge in [-0.3, -0.25) is 0 Å². The molecule has 0 radical (unpaired) electrons. The highest BCUT2D eigenvalue weighted by Crippen LogP contribution is 2.32. The normalized spacial score (nSPS) is 14.4. The van der Waals surface area contributed by atoms with Crippen LogP contribution >= 0.6 is 15.9 Å². The second-order valence-corrected chi connectivity index (χ2v) is 5.13. The van der Waals surface area contributed by atoms with Gasteiger partial charge in [-0.25, -0.2) is 4.39 Å². The summed E-state index contributed by atoms with van der Waals surface area (Å²) in [7, 11) is 3.73. The molecule has 0 amide bonds. The monoisotopic (exact) mass is 298 g/mol. The van der Waals surface area contributed by atoms with Gasteiger partial charge < -0.3 is 4.90 Å². The Kier molecular flexibility index (Phi) is 5.10. The van der Waals surface area contributed by atoms with Crippen LogP contribution in [0.15, 0.2) is 22.7 Å². The van der Waals surface area contributed by atoms with Gasteiger partial charge in [0, 0.05) is 10.0 Å². The Labute approximate surface area is 110 Å². The smallest absolute Gasteiger partial charge is 0.128 e. The predicted molar refractivity (Wildman–Crippen MR) is 69.9 cm³/mol. The van der Waals surface area contributed by atoms with Crippen molar-refractivity contribution in [2.45, 2.75) is 19.4 Å². The van der Waals surface area contributed by atoms with E-state index < -0.39 is 0 Å². The second-order valence-electron chi connectivity index (χ2n) is 4.22. The minimum absolute atomic E-state index is 0.214. The average molecular weight is 299 g/mol. The van der Waals surface area contributed by atoms with Gasteiger partial charge in [0.1, 0.15) is 5.82 Å². The minimum Gasteiger partial charge on any atom is -0.301 e. The number of hydrogen-bond donors (Lipinski definition) is 0. The third-order valence-electron chi connectivity index (χ3n) is 2.82. The molecule has 0 aliphatic rings. The Balaban J connectivity index is 3.23. The molecule has 0 aliphatic heterocycles. The fourth-order valence-electron chi connectivity index (χ4n) is 1.98. The summed E-state index contributed by atoms with van der Waals surface area (Å²) in [4.78, 5) is 1.89. The number of nitrogens with zero attached hydrogens (tertiary/aromatic N) is 2. The van der Waals surface area contributed by atoms with E-state index in [1.165, 1.54) is 6.07 Å². The summed E-state index contributed by atoms with van der Waals surface area (Å²) in [6.45, 7) is 1.94. The van der Waals surface area contributed by atoms with E-state index in [2.05, 4.69) is 22.0 Å². The van der Waals surface area contributed by atoms with E-state index in [1.807, 2.05) is 25.9 Å². The van der Waals surface area contributed by atoms with Crippen molar-refractivity contribution in [3.05, 3.63) is 34.1 Å². The number of benzene rings is 1. The molecule has 0 aromatic heterocycles. The molecule has 2 unspecified atom stereocenters. The van der Waals surface area contributed by atoms with Crippen molar-refractivity contribution in [1.29, 1.82) is 5.26 Å². The number of nitriles is 1. The van der Waals surface area contributed by atoms with Gasteiger partial charge in [-0.15, -0.1) is 0 Å². The summed E-state index contributed by atoms with van der Waals surface area (Å²) >= 11 is 3.34. The van der Waals surface area contributed by atoms with Crippen molar-refractivity contribution in [1.82, 2.24) is 4.90 Å². The first-order chi connectivity index (χ1) is 8.01. The highest BCUT2D eigenvalue weighted by molar-refractivity contribution is 9.10. The molecule has 0 saturated carbocycles. The second kappa shape index (κ2) is 6.13. The molecule has 0 aliphatic carbocycles. The van der Waals surface area contributed by atoms with Crippen LogP contribution in [0.4, 0.5) is 4.39 Å². The number of halogens is 2. The van der Waals surface area contributed by atoms with Gasteiger partial charge in [-0.05, 0) is 38.7 Å². The van der Waals surface area contributed by atoms with Crippen LogP contribution in [0, 0.1) is 23.1 Å². The van der Waals surface area contributed by atoms with Crippen LogP contribution in [0.5, 0.6) is 0 Å². The van der Waals surface area contributed by atoms with Crippen molar-refractivity contribution >= 4 is 15.9 Å². The maximum absolute atomic E-state index is 13.9. The van der Waals surface area contributed by atoms with Gasteiger partial charge in [0.15, 0.2) is 0 Å². The molecule has 0 bridgehead atoms. The Morgan fingerprint density at radius 2 is 2.12 bits per heavy atom. The van der Waals surface area contributed by atoms with Crippen molar-refractivity contribution in [3.63, 3.8) is 0 Å². The van der Waals surface area contributed by atoms with E-state index in [4.69, 9.17) is 5.26 Å². The first-order valence-corrected chi connectivity index (χ1v) is 6.31. The Morgan fingerprint density at radius 3 is 2.59 bits per heavy atom. The van der Waals surface area contributed by atoms with Gasteiger partial charge in [-0.1, -0.05) is 22.9 Å². The molecule has 0 saturated heterocycles. The van der Waals surface area contributed by atoms with Crippen molar-refractivity contribution in [2.75, 3.05) is 14.1 Å². The highest BCUT2D eigenvalue weighted by Gasteiger charge is 2.26. The van der Waals surface area contributed by atoms with Gasteiger partial charge in [0.25, 0.3) is 0 Å². The molecule has 92 valence electrons. The van der Waals surface area contributed by atoms with Crippen LogP contribution in [0.2, 0.25) is 0 Å². The zero-order chi connectivity index (χ0) is 13.0. The molecule has 1 aromatic carbocycles. The molecule has 0 fully saturated rings. The topological polar surface area (TPSA) is 27.0 Å². The minimum atomic E-state index is -0.263. The Hall–Kier alpha value is -0.920. The van der Waals surface area contributed by atoms with Gasteiger partial charge in [0.2, 0.25) is 0 Å². The molecular formula is C13H16BrFN2. The van der Waals surface area contributed by atoms with Gasteiger partial charge in [0.05, 0.1) is 18.0 Å². The Bertz CT molecular complexity index is 426. The average Bonchev–Trinajstić information content (AvgIpc) is 2.29. The molecular weight excluding hydrogens is 283 g/mol. The van der Waals surface area contributed by atoms with Gasteiger partial charge >= 0.3 is 0 Å². The predicted octanol–water partition coefficient (Wildman–Crippen LogP) is 3.74. The lowest BCUT2D eigenvalue weighted by atomic mass is 9.91. The van der Waals surface area contributed by atoms with E-state index >= 15 is 0 Å². The first kappa shape index (κ1) is 14.1. The van der Waals surface area contributed by atoms with Crippen LogP contribution in [-0.2, 0) is 0 Å². The SMILES string of the molecule is CCC(C#N)C(c1cc(Br)ccc1F)N(C)C. The lowest BCUT2D eigenvalue weighted by molar-refractivity contribution is 0.235. The third-order valence-corrected chi connectivity index (χ3v) is 3.31. The number of rotatable bonds is 4. The summed E-state index contributed by atoms with van der Waals surface area (Å²) in [6.07, 6.45) is 0.700. The summed E-state index contributed by atoms with van der Waals surface area (Å²) in [6, 6.07) is 6.88. The van der Waals surface area contributed by atoms with E-state index in [9.17, 15) is 4.39 Å². The zero-order valence-electron chi connectivity index (χ0n) is 10.2. The molecule has 2 nitrogen and oxygen atoms in total. The van der Waals surface area contributed by atoms with E-state index in [1.54, 1.807) is 12.1 Å². The number of hydrogen-bond acceptors (Lipinski definition) is 2. The molecule has 2 atom stereocenters. The van der Waals surface area contributed by atoms with E-state index in [0.29, 0.717) is 12.0 Å². The van der Waals surface area contributed by atoms with Crippen molar-refractivity contribution in [3.8, 4) is 6.07 Å². The summed E-state index contributed by atoms with van der Waals surface area (Å²) in [5.74, 6) is -0.477. The van der Waals surface area contributed by atoms with Crippen LogP contribution < -0.4 is 0 Å². The van der Waals surface area contributed by atoms with E-state index in [-0.39, 0.29) is 17.8 Å². The van der Waals surface area contributed by atoms with Gasteiger partial charge in [-0.2, -0.15) is 5.26 Å². The molecule has 1 aromatic rings.